The molecule has 8 atom stereocenters. The van der Waals surface area contributed by atoms with Gasteiger partial charge in [-0.2, -0.15) is 0 Å². The van der Waals surface area contributed by atoms with Gasteiger partial charge in [0.25, 0.3) is 0 Å². The van der Waals surface area contributed by atoms with E-state index in [1.807, 2.05) is 32.2 Å². The minimum atomic E-state index is -0.620. The van der Waals surface area contributed by atoms with Crippen molar-refractivity contribution in [3.8, 4) is 0 Å². The fourth-order valence-electron chi connectivity index (χ4n) is 10.2. The second-order valence-electron chi connectivity index (χ2n) is 14.4. The number of hydrogen-bond acceptors (Lipinski definition) is 4. The Labute approximate surface area is 221 Å². The first-order chi connectivity index (χ1) is 17.3. The third-order valence-electron chi connectivity index (χ3n) is 12.6. The van der Waals surface area contributed by atoms with Crippen molar-refractivity contribution in [1.82, 2.24) is 4.98 Å². The Hall–Kier alpha value is -2.48. The molecule has 0 spiro atoms. The third kappa shape index (κ3) is 2.99. The van der Waals surface area contributed by atoms with Crippen molar-refractivity contribution in [3.63, 3.8) is 0 Å². The van der Waals surface area contributed by atoms with Crippen LogP contribution in [0.4, 0.5) is 0 Å². The molecule has 5 heteroatoms. The van der Waals surface area contributed by atoms with Crippen LogP contribution in [0.3, 0.4) is 0 Å². The first-order valence-electron chi connectivity index (χ1n) is 14.1. The van der Waals surface area contributed by atoms with Crippen LogP contribution in [0.25, 0.3) is 4.85 Å². The molecule has 5 aliphatic rings. The summed E-state index contributed by atoms with van der Waals surface area (Å²) < 4.78 is 5.73. The van der Waals surface area contributed by atoms with Gasteiger partial charge in [-0.05, 0) is 79.1 Å². The minimum absolute atomic E-state index is 0.0200. The first kappa shape index (κ1) is 24.8. The van der Waals surface area contributed by atoms with Gasteiger partial charge in [-0.1, -0.05) is 53.2 Å². The zero-order chi connectivity index (χ0) is 26.6. The van der Waals surface area contributed by atoms with Crippen LogP contribution in [0.5, 0.6) is 0 Å². The van der Waals surface area contributed by atoms with Crippen LogP contribution in [0.1, 0.15) is 98.2 Å². The van der Waals surface area contributed by atoms with Gasteiger partial charge in [-0.25, -0.2) is 9.83 Å². The van der Waals surface area contributed by atoms with E-state index in [0.717, 1.165) is 50.7 Å². The maximum absolute atomic E-state index is 14.4. The van der Waals surface area contributed by atoms with Crippen molar-refractivity contribution in [3.05, 3.63) is 53.2 Å². The highest BCUT2D eigenvalue weighted by atomic mass is 16.3. The highest BCUT2D eigenvalue weighted by Crippen LogP contribution is 2.74. The zero-order valence-corrected chi connectivity index (χ0v) is 23.2. The summed E-state index contributed by atoms with van der Waals surface area (Å²) in [5.41, 5.74) is 0.176. The number of oxazole rings is 1. The predicted octanol–water partition coefficient (Wildman–Crippen LogP) is 7.32. The molecule has 1 unspecified atom stereocenters. The van der Waals surface area contributed by atoms with Crippen molar-refractivity contribution in [2.45, 2.75) is 92.4 Å². The lowest BCUT2D eigenvalue weighted by molar-refractivity contribution is -0.163. The Bertz CT molecular complexity index is 1280. The SMILES string of the molecule is [C-]#[N+]C1=C[C@]2(C)C3=CC(=O)[C@@H]4[C@@H]5CC(c6cnco6)CC[C@]5(C)CC[C@@]4(C)[C@]3(C)CC[C@H]2C(C)(C)C1=O. The standard InChI is InChI=1S/C32H40N2O3/c1-28(2)24-9-11-31(5)25(30(24,4)16-21(33-7)27(28)36)15-22(35)26-20-14-19(23-17-34-18-37-23)8-10-29(20,3)12-13-32(26,31)6/h15-20,24,26H,8-14H2,1-6H3/t19?,20-,24-,26-,29+,30-,31+,32+/m0/s1. The fourth-order valence-corrected chi connectivity index (χ4v) is 10.2. The molecule has 196 valence electrons. The average Bonchev–Trinajstić information content (AvgIpc) is 3.38. The van der Waals surface area contributed by atoms with Crippen molar-refractivity contribution in [2.24, 2.45) is 44.8 Å². The first-order valence-corrected chi connectivity index (χ1v) is 14.1. The molecule has 3 saturated carbocycles. The van der Waals surface area contributed by atoms with Crippen LogP contribution in [0, 0.1) is 51.4 Å². The van der Waals surface area contributed by atoms with Gasteiger partial charge in [0, 0.05) is 22.7 Å². The van der Waals surface area contributed by atoms with E-state index in [0.29, 0.717) is 11.8 Å². The van der Waals surface area contributed by atoms with E-state index in [4.69, 9.17) is 11.0 Å². The number of aromatic nitrogens is 1. The summed E-state index contributed by atoms with van der Waals surface area (Å²) in [6.07, 6.45) is 14.6. The monoisotopic (exact) mass is 500 g/mol. The van der Waals surface area contributed by atoms with Crippen molar-refractivity contribution in [2.75, 3.05) is 0 Å². The predicted molar refractivity (Wildman–Crippen MR) is 141 cm³/mol. The maximum atomic E-state index is 14.4. The summed E-state index contributed by atoms with van der Waals surface area (Å²) in [5.74, 6) is 1.86. The number of Topliss-reactive ketones (excluding diaryl/α,β-unsaturated/α-hetero) is 1. The van der Waals surface area contributed by atoms with Crippen LogP contribution in [-0.4, -0.2) is 16.6 Å². The number of carbonyl (C=O) groups is 2. The zero-order valence-electron chi connectivity index (χ0n) is 23.2. The van der Waals surface area contributed by atoms with Gasteiger partial charge in [0.1, 0.15) is 5.76 Å². The van der Waals surface area contributed by atoms with Gasteiger partial charge in [0.05, 0.1) is 12.8 Å². The topological polar surface area (TPSA) is 64.5 Å². The largest absolute Gasteiger partial charge is 0.448 e. The molecule has 0 radical (unpaired) electrons. The molecule has 0 aromatic carbocycles. The van der Waals surface area contributed by atoms with Gasteiger partial charge >= 0.3 is 0 Å². The van der Waals surface area contributed by atoms with Crippen molar-refractivity contribution >= 4 is 11.6 Å². The van der Waals surface area contributed by atoms with Crippen LogP contribution in [0.2, 0.25) is 0 Å². The van der Waals surface area contributed by atoms with Crippen LogP contribution < -0.4 is 0 Å². The average molecular weight is 501 g/mol. The molecular weight excluding hydrogens is 460 g/mol. The number of allylic oxidation sites excluding steroid dienone is 4. The van der Waals surface area contributed by atoms with Crippen LogP contribution >= 0.6 is 0 Å². The highest BCUT2D eigenvalue weighted by Gasteiger charge is 2.68. The summed E-state index contributed by atoms with van der Waals surface area (Å²) in [4.78, 5) is 35.4. The normalized spacial score (nSPS) is 46.4. The van der Waals surface area contributed by atoms with Crippen LogP contribution in [0.15, 0.2) is 40.4 Å². The van der Waals surface area contributed by atoms with Gasteiger partial charge in [0.15, 0.2) is 18.0 Å². The Balaban J connectivity index is 1.48. The Kier molecular flexibility index (Phi) is 5.07. The quantitative estimate of drug-likeness (QED) is 0.379. The molecule has 0 saturated heterocycles. The summed E-state index contributed by atoms with van der Waals surface area (Å²) >= 11 is 0. The van der Waals surface area contributed by atoms with Gasteiger partial charge in [0.2, 0.25) is 5.70 Å². The number of carbonyl (C=O) groups excluding carboxylic acids is 2. The molecular formula is C32H40N2O3. The number of fused-ring (bicyclic) bond motifs is 7. The summed E-state index contributed by atoms with van der Waals surface area (Å²) in [5, 5.41) is 0. The van der Waals surface area contributed by atoms with E-state index in [-0.39, 0.29) is 45.3 Å². The summed E-state index contributed by atoms with van der Waals surface area (Å²) in [7, 11) is 0. The Morgan fingerprint density at radius 2 is 1.78 bits per heavy atom. The number of ketones is 2. The van der Waals surface area contributed by atoms with E-state index >= 15 is 0 Å². The number of rotatable bonds is 1. The van der Waals surface area contributed by atoms with Gasteiger partial charge in [-0.3, -0.25) is 4.79 Å². The molecule has 0 N–H and O–H groups in total. The molecule has 1 aromatic rings. The van der Waals surface area contributed by atoms with Crippen molar-refractivity contribution in [1.29, 1.82) is 0 Å². The third-order valence-corrected chi connectivity index (χ3v) is 12.6. The van der Waals surface area contributed by atoms with E-state index in [9.17, 15) is 9.59 Å². The Morgan fingerprint density at radius 1 is 1.03 bits per heavy atom. The van der Waals surface area contributed by atoms with Gasteiger partial charge < -0.3 is 9.21 Å². The Morgan fingerprint density at radius 3 is 2.46 bits per heavy atom. The van der Waals surface area contributed by atoms with E-state index in [1.54, 1.807) is 0 Å². The highest BCUT2D eigenvalue weighted by molar-refractivity contribution is 6.03. The second-order valence-corrected chi connectivity index (χ2v) is 14.4. The second kappa shape index (κ2) is 7.55. The van der Waals surface area contributed by atoms with E-state index in [2.05, 4.69) is 37.5 Å². The lowest BCUT2D eigenvalue weighted by Gasteiger charge is -2.68. The van der Waals surface area contributed by atoms with Crippen LogP contribution in [-0.2, 0) is 9.59 Å². The van der Waals surface area contributed by atoms with E-state index in [1.165, 1.54) is 12.0 Å². The minimum Gasteiger partial charge on any atom is -0.448 e. The fraction of sp³-hybridized carbons (Fsp3) is 0.688. The van der Waals surface area contributed by atoms with Crippen molar-refractivity contribution < 1.29 is 14.0 Å². The maximum Gasteiger partial charge on any atom is 0.226 e. The molecule has 3 fully saturated rings. The number of hydrogen-bond donors (Lipinski definition) is 0. The molecule has 5 aliphatic carbocycles. The molecule has 0 bridgehead atoms. The number of nitrogens with zero attached hydrogens (tertiary/aromatic N) is 2. The smallest absolute Gasteiger partial charge is 0.226 e. The molecule has 1 heterocycles. The molecule has 6 rings (SSSR count). The molecule has 1 aromatic heterocycles. The molecule has 0 amide bonds. The molecule has 0 aliphatic heterocycles. The lowest BCUT2D eigenvalue weighted by Crippen LogP contribution is -2.64. The molecule has 37 heavy (non-hydrogen) atoms. The molecule has 5 nitrogen and oxygen atoms in total. The summed E-state index contributed by atoms with van der Waals surface area (Å²) in [6.45, 7) is 21.2. The summed E-state index contributed by atoms with van der Waals surface area (Å²) in [6, 6.07) is 0. The lowest BCUT2D eigenvalue weighted by atomic mass is 9.35. The van der Waals surface area contributed by atoms with Gasteiger partial charge in [-0.15, -0.1) is 0 Å². The van der Waals surface area contributed by atoms with E-state index < -0.39 is 10.8 Å².